The van der Waals surface area contributed by atoms with Crippen molar-refractivity contribution in [3.63, 3.8) is 0 Å². The molecule has 0 bridgehead atoms. The highest BCUT2D eigenvalue weighted by Crippen LogP contribution is 2.16. The van der Waals surface area contributed by atoms with Crippen LogP contribution in [-0.2, 0) is 20.7 Å². The summed E-state index contributed by atoms with van der Waals surface area (Å²) in [5.41, 5.74) is 0.768. The molecule has 114 valence electrons. The minimum atomic E-state index is -1.10. The fourth-order valence-corrected chi connectivity index (χ4v) is 1.64. The molecule has 0 saturated carbocycles. The van der Waals surface area contributed by atoms with Crippen LogP contribution in [0.3, 0.4) is 0 Å². The molecular formula is C15H12FNO5. The van der Waals surface area contributed by atoms with Crippen LogP contribution in [0.25, 0.3) is 5.76 Å². The summed E-state index contributed by atoms with van der Waals surface area (Å²) in [7, 11) is 1.06. The first-order valence-corrected chi connectivity index (χ1v) is 6.22. The molecule has 6 nitrogen and oxygen atoms in total. The van der Waals surface area contributed by atoms with Crippen LogP contribution in [0.1, 0.15) is 17.2 Å². The zero-order valence-electron chi connectivity index (χ0n) is 11.6. The fraction of sp³-hybridized carbons (Fsp3) is 0.133. The highest BCUT2D eigenvalue weighted by molar-refractivity contribution is 6.39. The number of carbonyl (C=O) groups excluding carboxylic acids is 2. The van der Waals surface area contributed by atoms with Crippen LogP contribution in [0.5, 0.6) is 0 Å². The average molecular weight is 305 g/mol. The summed E-state index contributed by atoms with van der Waals surface area (Å²) in [6.07, 6.45) is 2.20. The number of ether oxygens (including phenoxy) is 1. The molecule has 1 heterocycles. The number of aliphatic hydroxyl groups is 1. The molecule has 0 radical (unpaired) electrons. The Morgan fingerprint density at radius 3 is 2.68 bits per heavy atom. The van der Waals surface area contributed by atoms with Crippen LogP contribution < -0.4 is 0 Å². The van der Waals surface area contributed by atoms with Gasteiger partial charge in [0.2, 0.25) is 0 Å². The van der Waals surface area contributed by atoms with Crippen LogP contribution in [0, 0.1) is 5.82 Å². The van der Waals surface area contributed by atoms with Gasteiger partial charge in [0.15, 0.2) is 17.4 Å². The number of aliphatic hydroxyl groups excluding tert-OH is 1. The second-order valence-electron chi connectivity index (χ2n) is 4.31. The third-order valence-corrected chi connectivity index (χ3v) is 2.73. The number of methoxy groups -OCH3 is 1. The molecule has 22 heavy (non-hydrogen) atoms. The van der Waals surface area contributed by atoms with Gasteiger partial charge in [0.25, 0.3) is 5.78 Å². The molecule has 7 heteroatoms. The fourth-order valence-electron chi connectivity index (χ4n) is 1.64. The molecule has 1 aromatic carbocycles. The van der Waals surface area contributed by atoms with Gasteiger partial charge in [-0.3, -0.25) is 4.79 Å². The van der Waals surface area contributed by atoms with E-state index in [1.54, 1.807) is 12.1 Å². The number of aromatic nitrogens is 1. The predicted octanol–water partition coefficient (Wildman–Crippen LogP) is 2.05. The van der Waals surface area contributed by atoms with E-state index in [1.807, 2.05) is 0 Å². The van der Waals surface area contributed by atoms with Crippen LogP contribution >= 0.6 is 0 Å². The standard InChI is InChI=1S/C15H12FNO5/c1-21-15(20)12(19)7-11(18)13-8-17-14(22-13)6-9-2-4-10(16)5-3-9/h2-5,7-8,18H,6H2,1H3/b11-7-. The lowest BCUT2D eigenvalue weighted by atomic mass is 10.1. The maximum atomic E-state index is 12.8. The molecule has 0 aliphatic rings. The topological polar surface area (TPSA) is 89.6 Å². The van der Waals surface area contributed by atoms with Crippen LogP contribution in [0.15, 0.2) is 41.0 Å². The number of halogens is 1. The van der Waals surface area contributed by atoms with Crippen LogP contribution in [-0.4, -0.2) is 29.0 Å². The van der Waals surface area contributed by atoms with Crippen molar-refractivity contribution >= 4 is 17.5 Å². The molecular weight excluding hydrogens is 293 g/mol. The van der Waals surface area contributed by atoms with Gasteiger partial charge < -0.3 is 14.3 Å². The Labute approximate surface area is 124 Å². The van der Waals surface area contributed by atoms with Gasteiger partial charge >= 0.3 is 5.97 Å². The van der Waals surface area contributed by atoms with Crippen molar-refractivity contribution in [1.29, 1.82) is 0 Å². The monoisotopic (exact) mass is 305 g/mol. The summed E-state index contributed by atoms with van der Waals surface area (Å²) < 4.78 is 22.3. The Hall–Kier alpha value is -2.96. The molecule has 0 amide bonds. The molecule has 0 fully saturated rings. The Kier molecular flexibility index (Phi) is 4.67. The minimum Gasteiger partial charge on any atom is -0.504 e. The first-order valence-electron chi connectivity index (χ1n) is 6.22. The van der Waals surface area contributed by atoms with Crippen molar-refractivity contribution in [2.24, 2.45) is 0 Å². The van der Waals surface area contributed by atoms with Crippen LogP contribution in [0.4, 0.5) is 4.39 Å². The predicted molar refractivity (Wildman–Crippen MR) is 73.3 cm³/mol. The minimum absolute atomic E-state index is 0.0608. The van der Waals surface area contributed by atoms with Gasteiger partial charge in [-0.1, -0.05) is 12.1 Å². The first-order chi connectivity index (χ1) is 10.5. The van der Waals surface area contributed by atoms with E-state index in [0.717, 1.165) is 12.7 Å². The van der Waals surface area contributed by atoms with E-state index in [9.17, 15) is 19.1 Å². The summed E-state index contributed by atoms with van der Waals surface area (Å²) in [5, 5.41) is 9.70. The van der Waals surface area contributed by atoms with E-state index in [0.29, 0.717) is 12.5 Å². The lowest BCUT2D eigenvalue weighted by Crippen LogP contribution is -2.12. The maximum absolute atomic E-state index is 12.8. The number of carbonyl (C=O) groups is 2. The van der Waals surface area contributed by atoms with E-state index in [-0.39, 0.29) is 17.5 Å². The SMILES string of the molecule is COC(=O)C(=O)/C=C(\O)c1cnc(Cc2ccc(F)cc2)o1. The zero-order chi connectivity index (χ0) is 16.1. The highest BCUT2D eigenvalue weighted by atomic mass is 19.1. The molecule has 1 aromatic heterocycles. The molecule has 0 unspecified atom stereocenters. The van der Waals surface area contributed by atoms with Crippen LogP contribution in [0.2, 0.25) is 0 Å². The lowest BCUT2D eigenvalue weighted by molar-refractivity contribution is -0.149. The van der Waals surface area contributed by atoms with Gasteiger partial charge in [0, 0.05) is 12.5 Å². The third kappa shape index (κ3) is 3.78. The average Bonchev–Trinajstić information content (AvgIpc) is 2.97. The highest BCUT2D eigenvalue weighted by Gasteiger charge is 2.15. The first kappa shape index (κ1) is 15.4. The molecule has 2 rings (SSSR count). The van der Waals surface area contributed by atoms with E-state index >= 15 is 0 Å². The van der Waals surface area contributed by atoms with Crippen molar-refractivity contribution in [2.45, 2.75) is 6.42 Å². The molecule has 1 N–H and O–H groups in total. The summed E-state index contributed by atoms with van der Waals surface area (Å²) in [5.74, 6) is -2.79. The van der Waals surface area contributed by atoms with Crippen molar-refractivity contribution in [2.75, 3.05) is 7.11 Å². The number of esters is 1. The largest absolute Gasteiger partial charge is 0.504 e. The lowest BCUT2D eigenvalue weighted by Gasteiger charge is -1.97. The van der Waals surface area contributed by atoms with E-state index in [1.165, 1.54) is 18.3 Å². The van der Waals surface area contributed by atoms with E-state index in [2.05, 4.69) is 9.72 Å². The maximum Gasteiger partial charge on any atom is 0.378 e. The second kappa shape index (κ2) is 6.66. The number of oxazole rings is 1. The smallest absolute Gasteiger partial charge is 0.378 e. The summed E-state index contributed by atoms with van der Waals surface area (Å²) in [4.78, 5) is 26.2. The van der Waals surface area contributed by atoms with Crippen molar-refractivity contribution < 1.29 is 28.2 Å². The number of ketones is 1. The molecule has 0 spiro atoms. The van der Waals surface area contributed by atoms with Crippen molar-refractivity contribution in [1.82, 2.24) is 4.98 Å². The second-order valence-corrected chi connectivity index (χ2v) is 4.31. The Morgan fingerprint density at radius 1 is 1.36 bits per heavy atom. The summed E-state index contributed by atoms with van der Waals surface area (Å²) in [6.45, 7) is 0. The Balaban J connectivity index is 2.10. The summed E-state index contributed by atoms with van der Waals surface area (Å²) >= 11 is 0. The van der Waals surface area contributed by atoms with Gasteiger partial charge in [-0.05, 0) is 17.7 Å². The van der Waals surface area contributed by atoms with Gasteiger partial charge in [-0.2, -0.15) is 0 Å². The number of nitrogens with zero attached hydrogens (tertiary/aromatic N) is 1. The van der Waals surface area contributed by atoms with Crippen molar-refractivity contribution in [3.8, 4) is 0 Å². The zero-order valence-corrected chi connectivity index (χ0v) is 11.6. The van der Waals surface area contributed by atoms with Gasteiger partial charge in [0.05, 0.1) is 13.3 Å². The van der Waals surface area contributed by atoms with Crippen molar-refractivity contribution in [3.05, 3.63) is 59.6 Å². The molecule has 0 atom stereocenters. The molecule has 0 aliphatic heterocycles. The molecule has 0 saturated heterocycles. The number of hydrogen-bond donors (Lipinski definition) is 1. The normalized spacial score (nSPS) is 11.3. The Morgan fingerprint density at radius 2 is 2.05 bits per heavy atom. The van der Waals surface area contributed by atoms with E-state index in [4.69, 9.17) is 4.42 Å². The van der Waals surface area contributed by atoms with E-state index < -0.39 is 17.5 Å². The number of rotatable bonds is 5. The molecule has 2 aromatic rings. The van der Waals surface area contributed by atoms with Gasteiger partial charge in [0.1, 0.15) is 5.82 Å². The molecule has 0 aliphatic carbocycles. The summed E-state index contributed by atoms with van der Waals surface area (Å²) in [6, 6.07) is 5.78. The quantitative estimate of drug-likeness (QED) is 0.393. The Bertz CT molecular complexity index is 718. The van der Waals surface area contributed by atoms with Gasteiger partial charge in [-0.15, -0.1) is 0 Å². The number of hydrogen-bond acceptors (Lipinski definition) is 6. The van der Waals surface area contributed by atoms with Gasteiger partial charge in [-0.25, -0.2) is 14.2 Å². The third-order valence-electron chi connectivity index (χ3n) is 2.73. The number of benzene rings is 1.